The summed E-state index contributed by atoms with van der Waals surface area (Å²) in [5, 5.41) is 11.3. The van der Waals surface area contributed by atoms with Crippen molar-refractivity contribution in [1.29, 1.82) is 0 Å². The van der Waals surface area contributed by atoms with Crippen LogP contribution in [0, 0.1) is 5.92 Å². The zero-order chi connectivity index (χ0) is 14.1. The third-order valence-corrected chi connectivity index (χ3v) is 6.27. The van der Waals surface area contributed by atoms with Crippen LogP contribution in [-0.4, -0.2) is 23.3 Å². The Morgan fingerprint density at radius 1 is 1.10 bits per heavy atom. The first-order chi connectivity index (χ1) is 9.68. The molecule has 1 saturated carbocycles. The Kier molecular flexibility index (Phi) is 3.89. The van der Waals surface area contributed by atoms with Gasteiger partial charge in [-0.1, -0.05) is 30.3 Å². The van der Waals surface area contributed by atoms with Crippen molar-refractivity contribution in [3.63, 3.8) is 0 Å². The van der Waals surface area contributed by atoms with Gasteiger partial charge in [0.1, 0.15) is 0 Å². The molecule has 5 heteroatoms. The summed E-state index contributed by atoms with van der Waals surface area (Å²) in [5.41, 5.74) is 1.02. The van der Waals surface area contributed by atoms with Crippen LogP contribution in [0.4, 0.5) is 0 Å². The Hall–Kier alpha value is -1.20. The van der Waals surface area contributed by atoms with Crippen LogP contribution in [-0.2, 0) is 9.59 Å². The van der Waals surface area contributed by atoms with Gasteiger partial charge in [0.15, 0.2) is 5.78 Å². The lowest BCUT2D eigenvalue weighted by molar-refractivity contribution is -0.298. The average Bonchev–Trinajstić information content (AvgIpc) is 3.09. The fourth-order valence-corrected chi connectivity index (χ4v) is 5.01. The zero-order valence-corrected chi connectivity index (χ0v) is 12.3. The second kappa shape index (κ2) is 5.66. The Morgan fingerprint density at radius 3 is 2.35 bits per heavy atom. The first-order valence-electron chi connectivity index (χ1n) is 6.49. The number of rotatable bonds is 4. The number of carboxylic acids is 1. The van der Waals surface area contributed by atoms with E-state index in [1.807, 2.05) is 30.3 Å². The van der Waals surface area contributed by atoms with Crippen LogP contribution in [0.15, 0.2) is 40.1 Å². The summed E-state index contributed by atoms with van der Waals surface area (Å²) in [6.07, 6.45) is 0.738. The second-order valence-corrected chi connectivity index (χ2v) is 7.34. The number of carbonyl (C=O) groups is 2. The molecule has 104 valence electrons. The van der Waals surface area contributed by atoms with Crippen LogP contribution in [0.25, 0.3) is 0 Å². The SMILES string of the molecule is O=C([O-])C(C(=O)[C@H]1C[C@H]1c1ccccc1)=C1SCCS1. The van der Waals surface area contributed by atoms with E-state index in [1.165, 1.54) is 23.5 Å². The molecular weight excluding hydrogens is 292 g/mol. The summed E-state index contributed by atoms with van der Waals surface area (Å²) >= 11 is 2.90. The predicted octanol–water partition coefficient (Wildman–Crippen LogP) is 1.80. The third kappa shape index (κ3) is 2.65. The van der Waals surface area contributed by atoms with Crippen molar-refractivity contribution in [2.24, 2.45) is 5.92 Å². The molecule has 0 spiro atoms. The summed E-state index contributed by atoms with van der Waals surface area (Å²) < 4.78 is 0.633. The summed E-state index contributed by atoms with van der Waals surface area (Å²) in [7, 11) is 0. The van der Waals surface area contributed by atoms with E-state index in [9.17, 15) is 14.7 Å². The Morgan fingerprint density at radius 2 is 1.75 bits per heavy atom. The number of hydrogen-bond donors (Lipinski definition) is 0. The van der Waals surface area contributed by atoms with E-state index in [1.54, 1.807) is 0 Å². The first kappa shape index (κ1) is 13.8. The lowest BCUT2D eigenvalue weighted by Crippen LogP contribution is -2.30. The molecule has 3 nitrogen and oxygen atoms in total. The molecule has 1 aliphatic carbocycles. The minimum atomic E-state index is -1.33. The van der Waals surface area contributed by atoms with E-state index in [0.717, 1.165) is 23.5 Å². The molecule has 0 amide bonds. The summed E-state index contributed by atoms with van der Waals surface area (Å²) in [6, 6.07) is 9.79. The number of carbonyl (C=O) groups excluding carboxylic acids is 2. The first-order valence-corrected chi connectivity index (χ1v) is 8.46. The van der Waals surface area contributed by atoms with Crippen molar-refractivity contribution in [2.45, 2.75) is 12.3 Å². The second-order valence-electron chi connectivity index (χ2n) is 4.87. The van der Waals surface area contributed by atoms with Gasteiger partial charge >= 0.3 is 0 Å². The molecule has 0 unspecified atom stereocenters. The van der Waals surface area contributed by atoms with Crippen molar-refractivity contribution < 1.29 is 14.7 Å². The molecule has 3 rings (SSSR count). The molecule has 20 heavy (non-hydrogen) atoms. The van der Waals surface area contributed by atoms with Crippen LogP contribution in [0.3, 0.4) is 0 Å². The van der Waals surface area contributed by atoms with Crippen LogP contribution in [0.1, 0.15) is 17.9 Å². The van der Waals surface area contributed by atoms with Crippen molar-refractivity contribution >= 4 is 35.3 Å². The summed E-state index contributed by atoms with van der Waals surface area (Å²) in [5.74, 6) is 0.101. The molecule has 2 fully saturated rings. The van der Waals surface area contributed by atoms with Crippen LogP contribution in [0.2, 0.25) is 0 Å². The minimum absolute atomic E-state index is 0.0964. The maximum atomic E-state index is 12.4. The molecule has 1 heterocycles. The number of benzene rings is 1. The van der Waals surface area contributed by atoms with Gasteiger partial charge in [0, 0.05) is 17.4 Å². The van der Waals surface area contributed by atoms with Crippen molar-refractivity contribution in [3.8, 4) is 0 Å². The highest BCUT2D eigenvalue weighted by Gasteiger charge is 2.45. The molecule has 0 bridgehead atoms. The molecular formula is C15H13O3S2-. The predicted molar refractivity (Wildman–Crippen MR) is 79.2 cm³/mol. The smallest absolute Gasteiger partial charge is 0.170 e. The maximum absolute atomic E-state index is 12.4. The topological polar surface area (TPSA) is 57.2 Å². The van der Waals surface area contributed by atoms with E-state index < -0.39 is 5.97 Å². The average molecular weight is 305 g/mol. The summed E-state index contributed by atoms with van der Waals surface area (Å²) in [6.45, 7) is 0. The molecule has 1 aromatic carbocycles. The van der Waals surface area contributed by atoms with E-state index in [4.69, 9.17) is 0 Å². The Balaban J connectivity index is 1.80. The number of thioether (sulfide) groups is 2. The molecule has 2 atom stereocenters. The van der Waals surface area contributed by atoms with Gasteiger partial charge in [-0.15, -0.1) is 23.5 Å². The Bertz CT molecular complexity index is 572. The monoisotopic (exact) mass is 305 g/mol. The van der Waals surface area contributed by atoms with E-state index in [-0.39, 0.29) is 23.2 Å². The van der Waals surface area contributed by atoms with Gasteiger partial charge in [-0.2, -0.15) is 0 Å². The van der Waals surface area contributed by atoms with Gasteiger partial charge in [-0.05, 0) is 17.9 Å². The van der Waals surface area contributed by atoms with Gasteiger partial charge in [-0.3, -0.25) is 4.79 Å². The lowest BCUT2D eigenvalue weighted by atomic mass is 10.0. The molecule has 1 aromatic rings. The van der Waals surface area contributed by atoms with Crippen molar-refractivity contribution in [1.82, 2.24) is 0 Å². The van der Waals surface area contributed by atoms with Crippen LogP contribution in [0.5, 0.6) is 0 Å². The largest absolute Gasteiger partial charge is 0.545 e. The summed E-state index contributed by atoms with van der Waals surface area (Å²) in [4.78, 5) is 23.7. The molecule has 2 aliphatic rings. The van der Waals surface area contributed by atoms with E-state index in [0.29, 0.717) is 4.24 Å². The fraction of sp³-hybridized carbons (Fsp3) is 0.333. The number of hydrogen-bond acceptors (Lipinski definition) is 5. The number of aliphatic carboxylic acids is 1. The van der Waals surface area contributed by atoms with Crippen molar-refractivity contribution in [2.75, 3.05) is 11.5 Å². The highest BCUT2D eigenvalue weighted by Crippen LogP contribution is 2.50. The van der Waals surface area contributed by atoms with E-state index in [2.05, 4.69) is 0 Å². The molecule has 1 saturated heterocycles. The standard InChI is InChI=1S/C15H14O3S2/c16-13(12(14(17)18)15-19-6-7-20-15)11-8-10(11)9-4-2-1-3-5-9/h1-5,10-11H,6-8H2,(H,17,18)/p-1/t10-,11-/m0/s1. The van der Waals surface area contributed by atoms with Gasteiger partial charge in [0.25, 0.3) is 0 Å². The molecule has 0 aromatic heterocycles. The lowest BCUT2D eigenvalue weighted by Gasteiger charge is -2.10. The fourth-order valence-electron chi connectivity index (χ4n) is 2.48. The normalized spacial score (nSPS) is 24.5. The van der Waals surface area contributed by atoms with Crippen LogP contribution >= 0.6 is 23.5 Å². The molecule has 0 N–H and O–H groups in total. The number of carboxylic acid groups (broad SMARTS) is 1. The number of Topliss-reactive ketones (excluding diaryl/α,β-unsaturated/α-hetero) is 1. The van der Waals surface area contributed by atoms with Crippen molar-refractivity contribution in [3.05, 3.63) is 45.7 Å². The number of ketones is 1. The zero-order valence-electron chi connectivity index (χ0n) is 10.7. The van der Waals surface area contributed by atoms with Gasteiger partial charge < -0.3 is 9.90 Å². The highest BCUT2D eigenvalue weighted by molar-refractivity contribution is 8.25. The minimum Gasteiger partial charge on any atom is -0.545 e. The van der Waals surface area contributed by atoms with Gasteiger partial charge in [0.05, 0.1) is 15.8 Å². The quantitative estimate of drug-likeness (QED) is 0.482. The van der Waals surface area contributed by atoms with Crippen LogP contribution < -0.4 is 5.11 Å². The van der Waals surface area contributed by atoms with Gasteiger partial charge in [-0.25, -0.2) is 0 Å². The Labute approximate surface area is 125 Å². The van der Waals surface area contributed by atoms with Gasteiger partial charge in [0.2, 0.25) is 0 Å². The highest BCUT2D eigenvalue weighted by atomic mass is 32.2. The maximum Gasteiger partial charge on any atom is 0.170 e. The molecule has 0 radical (unpaired) electrons. The third-order valence-electron chi connectivity index (χ3n) is 3.56. The van der Waals surface area contributed by atoms with E-state index >= 15 is 0 Å². The molecule has 1 aliphatic heterocycles.